The first kappa shape index (κ1) is 9.77. The van der Waals surface area contributed by atoms with Gasteiger partial charge in [0.15, 0.2) is 0 Å². The van der Waals surface area contributed by atoms with E-state index in [9.17, 15) is 9.59 Å². The Balaban J connectivity index is 3.20. The van der Waals surface area contributed by atoms with Gasteiger partial charge in [0.2, 0.25) is 0 Å². The molecule has 0 bridgehead atoms. The van der Waals surface area contributed by atoms with Gasteiger partial charge in [-0.3, -0.25) is 0 Å². The van der Waals surface area contributed by atoms with Gasteiger partial charge in [-0.1, -0.05) is 0 Å². The van der Waals surface area contributed by atoms with Crippen molar-refractivity contribution in [2.75, 3.05) is 0 Å². The number of aromatic carboxylic acids is 2. The van der Waals surface area contributed by atoms with Crippen molar-refractivity contribution in [1.29, 1.82) is 0 Å². The van der Waals surface area contributed by atoms with Crippen LogP contribution in [0.1, 0.15) is 20.7 Å². The van der Waals surface area contributed by atoms with E-state index in [2.05, 4.69) is 0 Å². The van der Waals surface area contributed by atoms with Crippen LogP contribution in [0.25, 0.3) is 0 Å². The molecule has 0 aliphatic carbocycles. The van der Waals surface area contributed by atoms with Gasteiger partial charge in [0, 0.05) is 0 Å². The molecule has 5 heteroatoms. The van der Waals surface area contributed by atoms with Crippen LogP contribution in [0, 0.1) is 0 Å². The van der Waals surface area contributed by atoms with Gasteiger partial charge in [0.1, 0.15) is 0 Å². The quantitative estimate of drug-likeness (QED) is 0.696. The first-order chi connectivity index (χ1) is 6.02. The number of rotatable bonds is 2. The SMILES string of the molecule is O=C(O)c1ccc(C(=O)O)c([SeH])c1. The van der Waals surface area contributed by atoms with Crippen LogP contribution >= 0.6 is 0 Å². The molecule has 0 spiro atoms. The Bertz CT molecular complexity index is 372. The molecular weight excluding hydrogens is 239 g/mol. The van der Waals surface area contributed by atoms with Crippen molar-refractivity contribution in [1.82, 2.24) is 0 Å². The summed E-state index contributed by atoms with van der Waals surface area (Å²) in [6, 6.07) is 3.86. The molecule has 0 atom stereocenters. The van der Waals surface area contributed by atoms with Gasteiger partial charge < -0.3 is 0 Å². The zero-order chi connectivity index (χ0) is 10.0. The summed E-state index contributed by atoms with van der Waals surface area (Å²) < 4.78 is 0.389. The molecule has 0 aliphatic rings. The molecule has 0 saturated heterocycles. The van der Waals surface area contributed by atoms with Crippen molar-refractivity contribution in [3.8, 4) is 0 Å². The first-order valence-electron chi connectivity index (χ1n) is 3.32. The van der Waals surface area contributed by atoms with Gasteiger partial charge in [-0.25, -0.2) is 0 Å². The molecule has 2 N–H and O–H groups in total. The Hall–Kier alpha value is -1.32. The zero-order valence-electron chi connectivity index (χ0n) is 6.39. The van der Waals surface area contributed by atoms with E-state index in [4.69, 9.17) is 10.2 Å². The van der Waals surface area contributed by atoms with Crippen LogP contribution in [-0.4, -0.2) is 38.2 Å². The van der Waals surface area contributed by atoms with Crippen molar-refractivity contribution in [2.45, 2.75) is 0 Å². The van der Waals surface area contributed by atoms with Crippen LogP contribution in [-0.2, 0) is 0 Å². The molecule has 13 heavy (non-hydrogen) atoms. The fraction of sp³-hybridized carbons (Fsp3) is 0. The van der Waals surface area contributed by atoms with Gasteiger partial charge >= 0.3 is 81.5 Å². The summed E-state index contributed by atoms with van der Waals surface area (Å²) in [4.78, 5) is 21.0. The first-order valence-corrected chi connectivity index (χ1v) is 4.26. The summed E-state index contributed by atoms with van der Waals surface area (Å²) in [6.45, 7) is 0. The number of carboxylic acids is 2. The third-order valence-corrected chi connectivity index (χ3v) is 2.25. The molecule has 1 rings (SSSR count). The minimum absolute atomic E-state index is 0.0839. The van der Waals surface area contributed by atoms with E-state index in [0.29, 0.717) is 4.46 Å². The molecule has 68 valence electrons. The van der Waals surface area contributed by atoms with Crippen molar-refractivity contribution in [2.24, 2.45) is 0 Å². The van der Waals surface area contributed by atoms with E-state index in [1.165, 1.54) is 18.2 Å². The second kappa shape index (κ2) is 3.60. The number of hydrogen-bond donors (Lipinski definition) is 2. The summed E-state index contributed by atoms with van der Waals surface area (Å²) in [5, 5.41) is 17.2. The summed E-state index contributed by atoms with van der Waals surface area (Å²) in [5.74, 6) is -2.13. The maximum absolute atomic E-state index is 10.5. The molecule has 0 aromatic heterocycles. The number of benzene rings is 1. The van der Waals surface area contributed by atoms with Crippen molar-refractivity contribution < 1.29 is 19.8 Å². The van der Waals surface area contributed by atoms with Gasteiger partial charge in [0.05, 0.1) is 0 Å². The predicted octanol–water partition coefficient (Wildman–Crippen LogP) is -0.391. The standard InChI is InChI=1S/C8H6O4Se/c9-7(10)4-1-2-5(8(11)12)6(13)3-4/h1-3,13H,(H,9,10)(H,11,12). The monoisotopic (exact) mass is 246 g/mol. The summed E-state index contributed by atoms with van der Waals surface area (Å²) in [6.07, 6.45) is 0. The van der Waals surface area contributed by atoms with Crippen LogP contribution in [0.3, 0.4) is 0 Å². The third-order valence-electron chi connectivity index (χ3n) is 1.48. The minimum atomic E-state index is -1.07. The van der Waals surface area contributed by atoms with Gasteiger partial charge in [-0.2, -0.15) is 0 Å². The molecule has 0 saturated carbocycles. The molecule has 0 heterocycles. The van der Waals surface area contributed by atoms with Crippen molar-refractivity contribution in [3.63, 3.8) is 0 Å². The van der Waals surface area contributed by atoms with E-state index < -0.39 is 11.9 Å². The average molecular weight is 245 g/mol. The molecule has 4 nitrogen and oxygen atoms in total. The Kier molecular flexibility index (Phi) is 2.70. The Morgan fingerprint density at radius 2 is 1.77 bits per heavy atom. The Morgan fingerprint density at radius 1 is 1.15 bits per heavy atom. The summed E-state index contributed by atoms with van der Waals surface area (Å²) >= 11 is 2.03. The third kappa shape index (κ3) is 2.08. The normalized spacial score (nSPS) is 9.62. The zero-order valence-corrected chi connectivity index (χ0v) is 8.27. The van der Waals surface area contributed by atoms with Gasteiger partial charge in [-0.15, -0.1) is 0 Å². The van der Waals surface area contributed by atoms with Crippen molar-refractivity contribution >= 4 is 32.4 Å². The average Bonchev–Trinajstić information content (AvgIpc) is 2.03. The predicted molar refractivity (Wildman–Crippen MR) is 47.1 cm³/mol. The second-order valence-electron chi connectivity index (χ2n) is 2.34. The van der Waals surface area contributed by atoms with E-state index in [1.807, 2.05) is 16.0 Å². The maximum atomic E-state index is 10.5. The Labute approximate surface area is 82.0 Å². The fourth-order valence-corrected chi connectivity index (χ4v) is 1.49. The molecular formula is C8H6O4Se. The summed E-state index contributed by atoms with van der Waals surface area (Å²) in [7, 11) is 0. The van der Waals surface area contributed by atoms with Crippen molar-refractivity contribution in [3.05, 3.63) is 29.3 Å². The molecule has 0 unspecified atom stereocenters. The van der Waals surface area contributed by atoms with Crippen LogP contribution < -0.4 is 4.46 Å². The molecule has 0 amide bonds. The topological polar surface area (TPSA) is 74.6 Å². The van der Waals surface area contributed by atoms with E-state index in [0.717, 1.165) is 0 Å². The van der Waals surface area contributed by atoms with Gasteiger partial charge in [0.25, 0.3) is 0 Å². The number of carboxylic acid groups (broad SMARTS) is 2. The molecule has 0 aliphatic heterocycles. The number of carbonyl (C=O) groups is 2. The van der Waals surface area contributed by atoms with Gasteiger partial charge in [-0.05, 0) is 0 Å². The Morgan fingerprint density at radius 3 is 2.15 bits per heavy atom. The van der Waals surface area contributed by atoms with E-state index >= 15 is 0 Å². The van der Waals surface area contributed by atoms with Crippen LogP contribution in [0.15, 0.2) is 18.2 Å². The van der Waals surface area contributed by atoms with Crippen LogP contribution in [0.2, 0.25) is 0 Å². The fourth-order valence-electron chi connectivity index (χ4n) is 0.846. The number of hydrogen-bond acceptors (Lipinski definition) is 2. The second-order valence-corrected chi connectivity index (χ2v) is 3.35. The van der Waals surface area contributed by atoms with Crippen LogP contribution in [0.4, 0.5) is 0 Å². The summed E-state index contributed by atoms with van der Waals surface area (Å²) in [5.41, 5.74) is 0.186. The van der Waals surface area contributed by atoms with E-state index in [1.54, 1.807) is 0 Å². The molecule has 1 aromatic carbocycles. The molecule has 0 radical (unpaired) electrons. The van der Waals surface area contributed by atoms with Crippen LogP contribution in [0.5, 0.6) is 0 Å². The van der Waals surface area contributed by atoms with E-state index in [-0.39, 0.29) is 11.1 Å². The molecule has 1 aromatic rings. The molecule has 0 fully saturated rings.